The second kappa shape index (κ2) is 2.78. The lowest BCUT2D eigenvalue weighted by atomic mass is 9.60. The molecule has 2 unspecified atom stereocenters. The molecular weight excluding hydrogens is 178 g/mol. The van der Waals surface area contributed by atoms with Crippen LogP contribution in [0.5, 0.6) is 0 Å². The molecule has 0 heterocycles. The highest BCUT2D eigenvalue weighted by atomic mass is 16.3. The molecule has 0 radical (unpaired) electrons. The van der Waals surface area contributed by atoms with Crippen molar-refractivity contribution in [3.05, 3.63) is 4.91 Å². The lowest BCUT2D eigenvalue weighted by molar-refractivity contribution is -0.00107. The minimum atomic E-state index is -0.648. The fourth-order valence-corrected chi connectivity index (χ4v) is 2.55. The first-order valence-corrected chi connectivity index (χ1v) is 5.11. The highest BCUT2D eigenvalue weighted by molar-refractivity contribution is 5.15. The van der Waals surface area contributed by atoms with Crippen molar-refractivity contribution in [3.63, 3.8) is 0 Å². The van der Waals surface area contributed by atoms with Crippen molar-refractivity contribution in [3.8, 4) is 0 Å². The standard InChI is InChI=1S/C11H21NO2/c1-9(2)7(12-14)8(13)10(3,4)11(9,5)6/h7-8,13H,1-6H3. The molecular formula is C11H21NO2. The molecule has 14 heavy (non-hydrogen) atoms. The predicted molar refractivity (Wildman–Crippen MR) is 56.9 cm³/mol. The zero-order chi connectivity index (χ0) is 11.4. The lowest BCUT2D eigenvalue weighted by Gasteiger charge is -2.44. The second-order valence-electron chi connectivity index (χ2n) is 6.06. The molecule has 2 atom stereocenters. The van der Waals surface area contributed by atoms with Gasteiger partial charge < -0.3 is 5.11 Å². The second-order valence-corrected chi connectivity index (χ2v) is 6.06. The summed E-state index contributed by atoms with van der Waals surface area (Å²) >= 11 is 0. The van der Waals surface area contributed by atoms with E-state index in [0.717, 1.165) is 0 Å². The van der Waals surface area contributed by atoms with Gasteiger partial charge in [0, 0.05) is 0 Å². The van der Waals surface area contributed by atoms with Gasteiger partial charge in [-0.1, -0.05) is 46.7 Å². The molecule has 82 valence electrons. The SMILES string of the molecule is CC1(C)C(O)C(N=O)C(C)(C)C1(C)C. The van der Waals surface area contributed by atoms with E-state index in [0.29, 0.717) is 0 Å². The summed E-state index contributed by atoms with van der Waals surface area (Å²) in [7, 11) is 0. The molecule has 1 fully saturated rings. The zero-order valence-electron chi connectivity index (χ0n) is 9.96. The Morgan fingerprint density at radius 2 is 1.43 bits per heavy atom. The maximum Gasteiger partial charge on any atom is 0.124 e. The van der Waals surface area contributed by atoms with E-state index in [-0.39, 0.29) is 16.2 Å². The van der Waals surface area contributed by atoms with Crippen LogP contribution in [0.1, 0.15) is 41.5 Å². The topological polar surface area (TPSA) is 49.7 Å². The van der Waals surface area contributed by atoms with Crippen LogP contribution < -0.4 is 0 Å². The largest absolute Gasteiger partial charge is 0.390 e. The van der Waals surface area contributed by atoms with Crippen molar-refractivity contribution >= 4 is 0 Å². The molecule has 0 spiro atoms. The van der Waals surface area contributed by atoms with E-state index in [4.69, 9.17) is 0 Å². The highest BCUT2D eigenvalue weighted by Gasteiger charge is 2.65. The summed E-state index contributed by atoms with van der Waals surface area (Å²) in [5, 5.41) is 13.2. The molecule has 3 nitrogen and oxygen atoms in total. The number of aliphatic hydroxyl groups is 1. The molecule has 0 bridgehead atoms. The number of hydrogen-bond donors (Lipinski definition) is 1. The first kappa shape index (κ1) is 11.6. The van der Waals surface area contributed by atoms with Gasteiger partial charge in [-0.15, -0.1) is 0 Å². The summed E-state index contributed by atoms with van der Waals surface area (Å²) in [5.74, 6) is 0. The summed E-state index contributed by atoms with van der Waals surface area (Å²) in [5.41, 5.74) is -0.662. The Balaban J connectivity index is 3.29. The summed E-state index contributed by atoms with van der Waals surface area (Å²) < 4.78 is 0. The third kappa shape index (κ3) is 1.02. The normalized spacial score (nSPS) is 38.2. The van der Waals surface area contributed by atoms with Gasteiger partial charge in [-0.3, -0.25) is 0 Å². The van der Waals surface area contributed by atoms with Crippen molar-refractivity contribution < 1.29 is 5.11 Å². The molecule has 1 aliphatic carbocycles. The van der Waals surface area contributed by atoms with E-state index in [1.807, 2.05) is 27.7 Å². The van der Waals surface area contributed by atoms with Gasteiger partial charge in [0.1, 0.15) is 6.04 Å². The number of nitroso groups, excluding NO2 is 1. The molecule has 3 heteroatoms. The van der Waals surface area contributed by atoms with Crippen LogP contribution in [-0.4, -0.2) is 17.3 Å². The fourth-order valence-electron chi connectivity index (χ4n) is 2.55. The maximum absolute atomic E-state index is 10.8. The molecule has 0 aromatic carbocycles. The van der Waals surface area contributed by atoms with E-state index < -0.39 is 12.1 Å². The molecule has 0 saturated heterocycles. The third-order valence-corrected chi connectivity index (χ3v) is 5.11. The molecule has 1 rings (SSSR count). The van der Waals surface area contributed by atoms with E-state index in [1.54, 1.807) is 0 Å². The quantitative estimate of drug-likeness (QED) is 0.660. The Kier molecular flexibility index (Phi) is 2.31. The molecule has 1 aliphatic rings. The van der Waals surface area contributed by atoms with Gasteiger partial charge in [-0.25, -0.2) is 0 Å². The summed E-state index contributed by atoms with van der Waals surface area (Å²) in [6.45, 7) is 12.2. The average molecular weight is 199 g/mol. The Bertz CT molecular complexity index is 256. The van der Waals surface area contributed by atoms with Gasteiger partial charge in [-0.2, -0.15) is 4.91 Å². The van der Waals surface area contributed by atoms with Crippen molar-refractivity contribution in [2.45, 2.75) is 53.7 Å². The van der Waals surface area contributed by atoms with Crippen LogP contribution in [0.2, 0.25) is 0 Å². The van der Waals surface area contributed by atoms with Crippen molar-refractivity contribution in [1.29, 1.82) is 0 Å². The van der Waals surface area contributed by atoms with Crippen LogP contribution >= 0.6 is 0 Å². The van der Waals surface area contributed by atoms with Crippen LogP contribution in [0.4, 0.5) is 0 Å². The molecule has 0 amide bonds. The molecule has 0 aliphatic heterocycles. The predicted octanol–water partition coefficient (Wildman–Crippen LogP) is 2.57. The fraction of sp³-hybridized carbons (Fsp3) is 1.00. The highest BCUT2D eigenvalue weighted by Crippen LogP contribution is 2.62. The van der Waals surface area contributed by atoms with E-state index in [9.17, 15) is 10.0 Å². The average Bonchev–Trinajstić information content (AvgIpc) is 2.10. The summed E-state index contributed by atoms with van der Waals surface area (Å²) in [6, 6.07) is -0.507. The molecule has 0 aromatic heterocycles. The van der Waals surface area contributed by atoms with Crippen molar-refractivity contribution in [2.75, 3.05) is 0 Å². The minimum absolute atomic E-state index is 0.113. The Hall–Kier alpha value is -0.440. The van der Waals surface area contributed by atoms with E-state index >= 15 is 0 Å². The monoisotopic (exact) mass is 199 g/mol. The minimum Gasteiger partial charge on any atom is -0.390 e. The molecule has 0 aromatic rings. The smallest absolute Gasteiger partial charge is 0.124 e. The Morgan fingerprint density at radius 1 is 1.00 bits per heavy atom. The Labute approximate surface area is 85.9 Å². The van der Waals surface area contributed by atoms with Gasteiger partial charge in [0.2, 0.25) is 0 Å². The number of nitrogens with zero attached hydrogens (tertiary/aromatic N) is 1. The number of hydrogen-bond acceptors (Lipinski definition) is 3. The van der Waals surface area contributed by atoms with Gasteiger partial charge in [0.15, 0.2) is 0 Å². The first-order chi connectivity index (χ1) is 6.10. The zero-order valence-corrected chi connectivity index (χ0v) is 9.96. The summed E-state index contributed by atoms with van der Waals surface area (Å²) in [6.07, 6.45) is -0.648. The van der Waals surface area contributed by atoms with Crippen LogP contribution in [0, 0.1) is 21.2 Å². The third-order valence-electron chi connectivity index (χ3n) is 5.11. The maximum atomic E-state index is 10.8. The Morgan fingerprint density at radius 3 is 1.57 bits per heavy atom. The first-order valence-electron chi connectivity index (χ1n) is 5.11. The van der Waals surface area contributed by atoms with Crippen LogP contribution in [-0.2, 0) is 0 Å². The lowest BCUT2D eigenvalue weighted by Crippen LogP contribution is -2.39. The van der Waals surface area contributed by atoms with Gasteiger partial charge in [0.25, 0.3) is 0 Å². The van der Waals surface area contributed by atoms with Gasteiger partial charge in [0.05, 0.1) is 6.10 Å². The van der Waals surface area contributed by atoms with Crippen LogP contribution in [0.3, 0.4) is 0 Å². The number of rotatable bonds is 1. The van der Waals surface area contributed by atoms with Crippen LogP contribution in [0.25, 0.3) is 0 Å². The van der Waals surface area contributed by atoms with Crippen molar-refractivity contribution in [2.24, 2.45) is 21.4 Å². The summed E-state index contributed by atoms with van der Waals surface area (Å²) in [4.78, 5) is 10.8. The van der Waals surface area contributed by atoms with Crippen LogP contribution in [0.15, 0.2) is 5.18 Å². The van der Waals surface area contributed by atoms with Gasteiger partial charge >= 0.3 is 0 Å². The van der Waals surface area contributed by atoms with E-state index in [1.165, 1.54) is 0 Å². The number of aliphatic hydroxyl groups excluding tert-OH is 1. The van der Waals surface area contributed by atoms with E-state index in [2.05, 4.69) is 19.0 Å². The van der Waals surface area contributed by atoms with Gasteiger partial charge in [-0.05, 0) is 16.2 Å². The van der Waals surface area contributed by atoms with Crippen molar-refractivity contribution in [1.82, 2.24) is 0 Å². The molecule has 1 saturated carbocycles. The molecule has 1 N–H and O–H groups in total.